The van der Waals surface area contributed by atoms with Crippen molar-refractivity contribution >= 4 is 7.60 Å². The van der Waals surface area contributed by atoms with Gasteiger partial charge in [0, 0.05) is 0 Å². The van der Waals surface area contributed by atoms with Gasteiger partial charge in [0.05, 0.1) is 6.29 Å². The van der Waals surface area contributed by atoms with E-state index in [1.54, 1.807) is 0 Å². The Balaban J connectivity index is 3.02. The maximum atomic E-state index is 10.5. The van der Waals surface area contributed by atoms with E-state index < -0.39 is 7.60 Å². The summed E-state index contributed by atoms with van der Waals surface area (Å²) in [6.45, 7) is 1.47. The summed E-state index contributed by atoms with van der Waals surface area (Å²) in [5.74, 6) is 0. The molecular formula is C10H25N2O3P. The first-order valence-electron chi connectivity index (χ1n) is 6.01. The first-order valence-corrected chi connectivity index (χ1v) is 7.81. The van der Waals surface area contributed by atoms with E-state index in [-0.39, 0.29) is 6.29 Å². The van der Waals surface area contributed by atoms with Crippen LogP contribution in [0.3, 0.4) is 0 Å². The van der Waals surface area contributed by atoms with E-state index in [4.69, 9.17) is 15.5 Å². The largest absolute Gasteiger partial charge is 0.339 e. The lowest BCUT2D eigenvalue weighted by Crippen LogP contribution is -2.16. The number of rotatable bonds is 11. The fourth-order valence-corrected chi connectivity index (χ4v) is 1.95. The second-order valence-corrected chi connectivity index (χ2v) is 5.73. The molecule has 0 saturated heterocycles. The Hall–Kier alpha value is 0.0700. The van der Waals surface area contributed by atoms with Crippen LogP contribution in [0.2, 0.25) is 0 Å². The van der Waals surface area contributed by atoms with Crippen LogP contribution in [0.15, 0.2) is 0 Å². The second kappa shape index (κ2) is 10.2. The molecule has 0 heterocycles. The molecule has 0 radical (unpaired) electrons. The minimum atomic E-state index is -3.86. The zero-order valence-electron chi connectivity index (χ0n) is 9.90. The molecule has 0 saturated carbocycles. The third-order valence-electron chi connectivity index (χ3n) is 2.38. The molecular weight excluding hydrogens is 227 g/mol. The Bertz CT molecular complexity index is 197. The zero-order chi connectivity index (χ0) is 12.3. The average molecular weight is 252 g/mol. The van der Waals surface area contributed by atoms with Crippen LogP contribution in [0.1, 0.15) is 44.9 Å². The number of hydrogen-bond donors (Lipinski definition) is 4. The molecule has 0 unspecified atom stereocenters. The van der Waals surface area contributed by atoms with E-state index in [0.29, 0.717) is 6.54 Å². The molecule has 0 aliphatic heterocycles. The SMILES string of the molecule is NCCCCCCCCCNCP(=O)(O)O. The summed E-state index contributed by atoms with van der Waals surface area (Å²) in [6, 6.07) is 0. The summed E-state index contributed by atoms with van der Waals surface area (Å²) >= 11 is 0. The van der Waals surface area contributed by atoms with Crippen molar-refractivity contribution in [2.75, 3.05) is 19.4 Å². The van der Waals surface area contributed by atoms with Gasteiger partial charge in [0.2, 0.25) is 0 Å². The van der Waals surface area contributed by atoms with Gasteiger partial charge in [-0.3, -0.25) is 4.57 Å². The third-order valence-corrected chi connectivity index (χ3v) is 3.01. The van der Waals surface area contributed by atoms with E-state index >= 15 is 0 Å². The van der Waals surface area contributed by atoms with Crippen molar-refractivity contribution in [1.29, 1.82) is 0 Å². The standard InChI is InChI=1S/C10H25N2O3P/c11-8-6-4-2-1-3-5-7-9-12-10-16(13,14)15/h12H,1-11H2,(H2,13,14,15). The molecule has 0 aromatic heterocycles. The van der Waals surface area contributed by atoms with Gasteiger partial charge in [-0.25, -0.2) is 0 Å². The van der Waals surface area contributed by atoms with Crippen molar-refractivity contribution in [3.05, 3.63) is 0 Å². The van der Waals surface area contributed by atoms with Gasteiger partial charge in [-0.15, -0.1) is 0 Å². The van der Waals surface area contributed by atoms with Crippen molar-refractivity contribution in [1.82, 2.24) is 5.32 Å². The summed E-state index contributed by atoms with van der Waals surface area (Å²) in [6.07, 6.45) is 7.90. The monoisotopic (exact) mass is 252 g/mol. The Morgan fingerprint density at radius 1 is 0.938 bits per heavy atom. The third kappa shape index (κ3) is 14.1. The van der Waals surface area contributed by atoms with Crippen LogP contribution in [-0.2, 0) is 4.57 Å². The predicted octanol–water partition coefficient (Wildman–Crippen LogP) is 1.40. The number of unbranched alkanes of at least 4 members (excludes halogenated alkanes) is 6. The van der Waals surface area contributed by atoms with Crippen LogP contribution in [-0.4, -0.2) is 29.2 Å². The fourth-order valence-electron chi connectivity index (χ4n) is 1.50. The van der Waals surface area contributed by atoms with Crippen LogP contribution >= 0.6 is 7.60 Å². The summed E-state index contributed by atoms with van der Waals surface area (Å²) in [5, 5.41) is 2.76. The van der Waals surface area contributed by atoms with Crippen LogP contribution < -0.4 is 11.1 Å². The van der Waals surface area contributed by atoms with Crippen LogP contribution in [0.4, 0.5) is 0 Å². The number of nitrogens with one attached hydrogen (secondary N) is 1. The van der Waals surface area contributed by atoms with Gasteiger partial charge in [0.15, 0.2) is 0 Å². The molecule has 0 fully saturated rings. The Labute approximate surface area is 98.0 Å². The molecule has 0 aromatic carbocycles. The van der Waals surface area contributed by atoms with Gasteiger partial charge in [-0.05, 0) is 25.9 Å². The van der Waals surface area contributed by atoms with E-state index in [9.17, 15) is 4.57 Å². The highest BCUT2D eigenvalue weighted by atomic mass is 31.2. The second-order valence-electron chi connectivity index (χ2n) is 4.09. The molecule has 0 aliphatic carbocycles. The minimum Gasteiger partial charge on any atom is -0.330 e. The van der Waals surface area contributed by atoms with Crippen molar-refractivity contribution in [3.8, 4) is 0 Å². The zero-order valence-corrected chi connectivity index (χ0v) is 10.8. The molecule has 0 rings (SSSR count). The van der Waals surface area contributed by atoms with Gasteiger partial charge in [-0.2, -0.15) is 0 Å². The van der Waals surface area contributed by atoms with Gasteiger partial charge < -0.3 is 20.8 Å². The predicted molar refractivity (Wildman–Crippen MR) is 66.3 cm³/mol. The summed E-state index contributed by atoms with van der Waals surface area (Å²) in [4.78, 5) is 17.2. The normalized spacial score (nSPS) is 11.9. The van der Waals surface area contributed by atoms with E-state index in [0.717, 1.165) is 25.8 Å². The highest BCUT2D eigenvalue weighted by Crippen LogP contribution is 2.31. The molecule has 6 heteroatoms. The summed E-state index contributed by atoms with van der Waals surface area (Å²) in [7, 11) is -3.86. The highest BCUT2D eigenvalue weighted by Gasteiger charge is 2.10. The van der Waals surface area contributed by atoms with E-state index in [1.165, 1.54) is 25.7 Å². The summed E-state index contributed by atoms with van der Waals surface area (Å²) in [5.41, 5.74) is 5.39. The van der Waals surface area contributed by atoms with E-state index in [1.807, 2.05) is 0 Å². The maximum Gasteiger partial charge on any atom is 0.339 e. The highest BCUT2D eigenvalue weighted by molar-refractivity contribution is 7.51. The Morgan fingerprint density at radius 3 is 1.94 bits per heavy atom. The van der Waals surface area contributed by atoms with Gasteiger partial charge >= 0.3 is 7.60 Å². The number of hydrogen-bond acceptors (Lipinski definition) is 3. The molecule has 0 amide bonds. The first-order chi connectivity index (χ1) is 7.56. The van der Waals surface area contributed by atoms with Crippen molar-refractivity contribution in [2.45, 2.75) is 44.9 Å². The quantitative estimate of drug-likeness (QED) is 0.329. The molecule has 0 aromatic rings. The minimum absolute atomic E-state index is 0.205. The topological polar surface area (TPSA) is 95.6 Å². The maximum absolute atomic E-state index is 10.5. The molecule has 0 aliphatic rings. The lowest BCUT2D eigenvalue weighted by molar-refractivity contribution is 0.367. The summed E-state index contributed by atoms with van der Waals surface area (Å²) < 4.78 is 10.5. The van der Waals surface area contributed by atoms with Gasteiger partial charge in [-0.1, -0.05) is 32.1 Å². The van der Waals surface area contributed by atoms with Gasteiger partial charge in [0.25, 0.3) is 0 Å². The molecule has 5 nitrogen and oxygen atoms in total. The molecule has 0 bridgehead atoms. The molecule has 16 heavy (non-hydrogen) atoms. The van der Waals surface area contributed by atoms with Crippen molar-refractivity contribution in [3.63, 3.8) is 0 Å². The Morgan fingerprint density at radius 2 is 1.44 bits per heavy atom. The Kier molecular flexibility index (Phi) is 10.3. The van der Waals surface area contributed by atoms with Crippen LogP contribution in [0.25, 0.3) is 0 Å². The van der Waals surface area contributed by atoms with E-state index in [2.05, 4.69) is 5.32 Å². The molecule has 0 atom stereocenters. The van der Waals surface area contributed by atoms with Crippen molar-refractivity contribution in [2.24, 2.45) is 5.73 Å². The van der Waals surface area contributed by atoms with Gasteiger partial charge in [0.1, 0.15) is 0 Å². The number of nitrogens with two attached hydrogens (primary N) is 1. The fraction of sp³-hybridized carbons (Fsp3) is 1.00. The molecule has 98 valence electrons. The molecule has 0 spiro atoms. The van der Waals surface area contributed by atoms with Crippen LogP contribution in [0, 0.1) is 0 Å². The lowest BCUT2D eigenvalue weighted by atomic mass is 10.1. The van der Waals surface area contributed by atoms with Crippen LogP contribution in [0.5, 0.6) is 0 Å². The lowest BCUT2D eigenvalue weighted by Gasteiger charge is -2.06. The molecule has 5 N–H and O–H groups in total. The van der Waals surface area contributed by atoms with Crippen molar-refractivity contribution < 1.29 is 14.4 Å². The average Bonchev–Trinajstić information content (AvgIpc) is 2.19. The smallest absolute Gasteiger partial charge is 0.330 e. The first kappa shape index (κ1) is 16.1.